The lowest BCUT2D eigenvalue weighted by Crippen LogP contribution is -2.35. The number of methoxy groups -OCH3 is 1. The van der Waals surface area contributed by atoms with Crippen LogP contribution >= 0.6 is 0 Å². The summed E-state index contributed by atoms with van der Waals surface area (Å²) < 4.78 is 6.08. The summed E-state index contributed by atoms with van der Waals surface area (Å²) >= 11 is 0. The molecule has 1 unspecified atom stereocenters. The van der Waals surface area contributed by atoms with E-state index in [0.29, 0.717) is 6.54 Å². The smallest absolute Gasteiger partial charge is 0.407 e. The van der Waals surface area contributed by atoms with Crippen LogP contribution in [0.2, 0.25) is 0 Å². The molecule has 0 aliphatic heterocycles. The maximum atomic E-state index is 10.8. The van der Waals surface area contributed by atoms with Crippen LogP contribution in [0.5, 0.6) is 0 Å². The van der Waals surface area contributed by atoms with Gasteiger partial charge in [-0.05, 0) is 6.92 Å². The van der Waals surface area contributed by atoms with E-state index in [0.717, 1.165) is 0 Å². The monoisotopic (exact) mass is 184 g/mol. The molecule has 0 aliphatic rings. The van der Waals surface area contributed by atoms with Gasteiger partial charge in [-0.3, -0.25) is 4.68 Å². The van der Waals surface area contributed by atoms with Gasteiger partial charge in [-0.25, -0.2) is 4.79 Å². The first-order valence-corrected chi connectivity index (χ1v) is 3.91. The highest BCUT2D eigenvalue weighted by atomic mass is 16.5. The maximum absolute atomic E-state index is 10.8. The summed E-state index contributed by atoms with van der Waals surface area (Å²) in [4.78, 5) is 10.8. The Morgan fingerprint density at radius 1 is 1.77 bits per heavy atom. The second kappa shape index (κ2) is 4.44. The van der Waals surface area contributed by atoms with Crippen molar-refractivity contribution in [2.45, 2.75) is 19.5 Å². The molecule has 6 nitrogen and oxygen atoms in total. The van der Waals surface area contributed by atoms with Crippen molar-refractivity contribution in [1.29, 1.82) is 0 Å². The van der Waals surface area contributed by atoms with E-state index in [-0.39, 0.29) is 6.04 Å². The molecule has 6 heteroatoms. The third kappa shape index (κ3) is 3.10. The summed E-state index contributed by atoms with van der Waals surface area (Å²) in [6, 6.07) is -0.0332. The van der Waals surface area contributed by atoms with Crippen molar-refractivity contribution in [2.75, 3.05) is 7.11 Å². The number of carbonyl (C=O) groups is 1. The lowest BCUT2D eigenvalue weighted by molar-refractivity contribution is 0.166. The number of rotatable bonds is 3. The molecule has 1 N–H and O–H groups in total. The molecular formula is C7H12N4O2. The molecule has 0 saturated carbocycles. The molecular weight excluding hydrogens is 172 g/mol. The van der Waals surface area contributed by atoms with E-state index in [1.54, 1.807) is 17.1 Å². The Hall–Kier alpha value is -1.59. The fourth-order valence-corrected chi connectivity index (χ4v) is 0.916. The van der Waals surface area contributed by atoms with E-state index >= 15 is 0 Å². The zero-order chi connectivity index (χ0) is 9.68. The van der Waals surface area contributed by atoms with Gasteiger partial charge in [-0.1, -0.05) is 5.21 Å². The average molecular weight is 184 g/mol. The first kappa shape index (κ1) is 9.50. The largest absolute Gasteiger partial charge is 0.453 e. The number of ether oxygens (including phenoxy) is 1. The van der Waals surface area contributed by atoms with Gasteiger partial charge in [-0.15, -0.1) is 5.10 Å². The van der Waals surface area contributed by atoms with E-state index in [4.69, 9.17) is 0 Å². The Morgan fingerprint density at radius 3 is 3.08 bits per heavy atom. The Morgan fingerprint density at radius 2 is 2.54 bits per heavy atom. The molecule has 13 heavy (non-hydrogen) atoms. The lowest BCUT2D eigenvalue weighted by Gasteiger charge is -2.11. The van der Waals surface area contributed by atoms with Gasteiger partial charge >= 0.3 is 6.09 Å². The Bertz CT molecular complexity index is 259. The number of hydrogen-bond donors (Lipinski definition) is 1. The van der Waals surface area contributed by atoms with Crippen molar-refractivity contribution in [1.82, 2.24) is 20.3 Å². The number of hydrogen-bond acceptors (Lipinski definition) is 4. The zero-order valence-corrected chi connectivity index (χ0v) is 7.60. The van der Waals surface area contributed by atoms with Crippen LogP contribution in [0.4, 0.5) is 4.79 Å². The molecule has 1 rings (SSSR count). The highest BCUT2D eigenvalue weighted by molar-refractivity contribution is 5.67. The number of alkyl carbamates (subject to hydrolysis) is 1. The normalized spacial score (nSPS) is 12.2. The van der Waals surface area contributed by atoms with Gasteiger partial charge in [0, 0.05) is 12.2 Å². The van der Waals surface area contributed by atoms with Gasteiger partial charge in [0.2, 0.25) is 0 Å². The van der Waals surface area contributed by atoms with Crippen LogP contribution < -0.4 is 5.32 Å². The highest BCUT2D eigenvalue weighted by Crippen LogP contribution is 1.89. The fraction of sp³-hybridized carbons (Fsp3) is 0.571. The van der Waals surface area contributed by atoms with Crippen molar-refractivity contribution in [3.8, 4) is 0 Å². The van der Waals surface area contributed by atoms with Crippen LogP contribution in [-0.4, -0.2) is 34.2 Å². The van der Waals surface area contributed by atoms with Gasteiger partial charge in [0.15, 0.2) is 0 Å². The second-order valence-corrected chi connectivity index (χ2v) is 2.66. The Balaban J connectivity index is 2.33. The lowest BCUT2D eigenvalue weighted by atomic mass is 10.3. The molecule has 1 atom stereocenters. The highest BCUT2D eigenvalue weighted by Gasteiger charge is 2.07. The minimum atomic E-state index is -0.437. The summed E-state index contributed by atoms with van der Waals surface area (Å²) in [5.41, 5.74) is 0. The van der Waals surface area contributed by atoms with Crippen LogP contribution in [0.3, 0.4) is 0 Å². The quantitative estimate of drug-likeness (QED) is 0.719. The van der Waals surface area contributed by atoms with Crippen LogP contribution in [0, 0.1) is 0 Å². The van der Waals surface area contributed by atoms with Crippen LogP contribution in [0.25, 0.3) is 0 Å². The molecule has 1 aromatic heterocycles. The maximum Gasteiger partial charge on any atom is 0.407 e. The van der Waals surface area contributed by atoms with E-state index in [9.17, 15) is 4.79 Å². The summed E-state index contributed by atoms with van der Waals surface area (Å²) in [5.74, 6) is 0. The van der Waals surface area contributed by atoms with Crippen molar-refractivity contribution >= 4 is 6.09 Å². The minimum absolute atomic E-state index is 0.0332. The van der Waals surface area contributed by atoms with Gasteiger partial charge in [0.1, 0.15) is 0 Å². The number of nitrogens with one attached hydrogen (secondary N) is 1. The second-order valence-electron chi connectivity index (χ2n) is 2.66. The first-order chi connectivity index (χ1) is 6.22. The molecule has 0 spiro atoms. The number of amides is 1. The average Bonchev–Trinajstić information content (AvgIpc) is 2.56. The van der Waals surface area contributed by atoms with Gasteiger partial charge in [0.05, 0.1) is 19.9 Å². The SMILES string of the molecule is COC(=O)NC(C)Cn1ccnn1. The Kier molecular flexibility index (Phi) is 3.24. The number of carbonyl (C=O) groups excluding carboxylic acids is 1. The third-order valence-corrected chi connectivity index (χ3v) is 1.48. The fourth-order valence-electron chi connectivity index (χ4n) is 0.916. The molecule has 0 aromatic carbocycles. The molecule has 0 fully saturated rings. The summed E-state index contributed by atoms with van der Waals surface area (Å²) in [5, 5.41) is 10.0. The van der Waals surface area contributed by atoms with Crippen molar-refractivity contribution < 1.29 is 9.53 Å². The summed E-state index contributed by atoms with van der Waals surface area (Å²) in [7, 11) is 1.33. The van der Waals surface area contributed by atoms with Crippen LogP contribution in [-0.2, 0) is 11.3 Å². The molecule has 0 radical (unpaired) electrons. The molecule has 1 amide bonds. The Labute approximate surface area is 75.9 Å². The third-order valence-electron chi connectivity index (χ3n) is 1.48. The van der Waals surface area contributed by atoms with E-state index in [1.807, 2.05) is 6.92 Å². The molecule has 0 aliphatic carbocycles. The first-order valence-electron chi connectivity index (χ1n) is 3.91. The molecule has 1 aromatic rings. The zero-order valence-electron chi connectivity index (χ0n) is 7.60. The van der Waals surface area contributed by atoms with Crippen molar-refractivity contribution in [3.63, 3.8) is 0 Å². The summed E-state index contributed by atoms with van der Waals surface area (Å²) in [6.07, 6.45) is 2.88. The topological polar surface area (TPSA) is 69.0 Å². The van der Waals surface area contributed by atoms with Crippen molar-refractivity contribution in [2.24, 2.45) is 0 Å². The van der Waals surface area contributed by atoms with Crippen LogP contribution in [0.15, 0.2) is 12.4 Å². The summed E-state index contributed by atoms with van der Waals surface area (Å²) in [6.45, 7) is 2.44. The molecule has 0 bridgehead atoms. The molecule has 72 valence electrons. The van der Waals surface area contributed by atoms with Crippen LogP contribution in [0.1, 0.15) is 6.92 Å². The number of nitrogens with zero attached hydrogens (tertiary/aromatic N) is 3. The minimum Gasteiger partial charge on any atom is -0.453 e. The van der Waals surface area contributed by atoms with E-state index in [2.05, 4.69) is 20.4 Å². The molecule has 0 saturated heterocycles. The predicted molar refractivity (Wildman–Crippen MR) is 45.0 cm³/mol. The van der Waals surface area contributed by atoms with E-state index < -0.39 is 6.09 Å². The van der Waals surface area contributed by atoms with E-state index in [1.165, 1.54) is 7.11 Å². The molecule has 1 heterocycles. The van der Waals surface area contributed by atoms with Gasteiger partial charge in [-0.2, -0.15) is 0 Å². The predicted octanol–water partition coefficient (Wildman–Crippen LogP) is 0.0226. The standard InChI is InChI=1S/C7H12N4O2/c1-6(9-7(12)13-2)5-11-4-3-8-10-11/h3-4,6H,5H2,1-2H3,(H,9,12). The van der Waals surface area contributed by atoms with Gasteiger partial charge < -0.3 is 10.1 Å². The van der Waals surface area contributed by atoms with Gasteiger partial charge in [0.25, 0.3) is 0 Å². The number of aromatic nitrogens is 3. The van der Waals surface area contributed by atoms with Crippen molar-refractivity contribution in [3.05, 3.63) is 12.4 Å².